The van der Waals surface area contributed by atoms with E-state index in [1.54, 1.807) is 6.20 Å². The van der Waals surface area contributed by atoms with Gasteiger partial charge in [0.2, 0.25) is 0 Å². The van der Waals surface area contributed by atoms with E-state index < -0.39 is 0 Å². The van der Waals surface area contributed by atoms with E-state index in [2.05, 4.69) is 48.2 Å². The summed E-state index contributed by atoms with van der Waals surface area (Å²) in [7, 11) is 0. The van der Waals surface area contributed by atoms with Crippen molar-refractivity contribution in [2.45, 2.75) is 38.1 Å². The second-order valence-corrected chi connectivity index (χ2v) is 8.84. The van der Waals surface area contributed by atoms with Crippen molar-refractivity contribution in [1.29, 1.82) is 0 Å². The highest BCUT2D eigenvalue weighted by atomic mass is 79.9. The molecule has 0 radical (unpaired) electrons. The van der Waals surface area contributed by atoms with Crippen molar-refractivity contribution in [3.05, 3.63) is 75.9 Å². The van der Waals surface area contributed by atoms with Crippen LogP contribution in [0.3, 0.4) is 0 Å². The Bertz CT molecular complexity index is 1110. The molecular formula is C23H22BrN5O. The van der Waals surface area contributed by atoms with E-state index >= 15 is 0 Å². The number of aromatic nitrogens is 3. The van der Waals surface area contributed by atoms with E-state index in [1.807, 2.05) is 37.3 Å². The summed E-state index contributed by atoms with van der Waals surface area (Å²) >= 11 is 3.41. The molecule has 0 atom stereocenters. The minimum Gasteiger partial charge on any atom is -0.341 e. The van der Waals surface area contributed by atoms with Crippen molar-refractivity contribution >= 4 is 33.3 Å². The summed E-state index contributed by atoms with van der Waals surface area (Å²) < 4.78 is 0.958. The average molecular weight is 464 g/mol. The largest absolute Gasteiger partial charge is 0.341 e. The van der Waals surface area contributed by atoms with Gasteiger partial charge in [0.1, 0.15) is 11.6 Å². The predicted molar refractivity (Wildman–Crippen MR) is 119 cm³/mol. The summed E-state index contributed by atoms with van der Waals surface area (Å²) in [5.41, 5.74) is 3.42. The first-order chi connectivity index (χ1) is 14.5. The van der Waals surface area contributed by atoms with Crippen LogP contribution in [0.5, 0.6) is 0 Å². The molecule has 3 aromatic rings. The van der Waals surface area contributed by atoms with Crippen molar-refractivity contribution in [3.8, 4) is 0 Å². The molecular weight excluding hydrogens is 442 g/mol. The Morgan fingerprint density at radius 3 is 2.63 bits per heavy atom. The lowest BCUT2D eigenvalue weighted by atomic mass is 10.0. The summed E-state index contributed by atoms with van der Waals surface area (Å²) in [6.07, 6.45) is 5.57. The first-order valence-corrected chi connectivity index (χ1v) is 11.0. The fourth-order valence-electron chi connectivity index (χ4n) is 4.01. The lowest BCUT2D eigenvalue weighted by molar-refractivity contribution is 0.0929. The van der Waals surface area contributed by atoms with Crippen LogP contribution >= 0.6 is 15.9 Å². The molecule has 5 rings (SSSR count). The summed E-state index contributed by atoms with van der Waals surface area (Å²) in [6, 6.07) is 13.6. The van der Waals surface area contributed by atoms with E-state index in [0.717, 1.165) is 65.4 Å². The van der Waals surface area contributed by atoms with Crippen LogP contribution in [-0.4, -0.2) is 27.4 Å². The van der Waals surface area contributed by atoms with Crippen LogP contribution in [0.15, 0.2) is 53.1 Å². The third kappa shape index (κ3) is 3.58. The summed E-state index contributed by atoms with van der Waals surface area (Å²) in [5.74, 6) is 1.61. The zero-order chi connectivity index (χ0) is 20.7. The Kier molecular flexibility index (Phi) is 4.77. The monoisotopic (exact) mass is 463 g/mol. The lowest BCUT2D eigenvalue weighted by Crippen LogP contribution is -2.36. The fourth-order valence-corrected chi connectivity index (χ4v) is 4.27. The van der Waals surface area contributed by atoms with E-state index in [0.29, 0.717) is 5.56 Å². The molecule has 0 spiro atoms. The highest BCUT2D eigenvalue weighted by molar-refractivity contribution is 9.10. The van der Waals surface area contributed by atoms with Gasteiger partial charge in [-0.3, -0.25) is 9.78 Å². The van der Waals surface area contributed by atoms with Crippen LogP contribution in [0.1, 0.15) is 46.8 Å². The van der Waals surface area contributed by atoms with Crippen LogP contribution in [0.2, 0.25) is 0 Å². The van der Waals surface area contributed by atoms with Crippen molar-refractivity contribution in [2.24, 2.45) is 0 Å². The molecule has 1 saturated carbocycles. The zero-order valence-electron chi connectivity index (χ0n) is 16.7. The molecule has 0 unspecified atom stereocenters. The maximum atomic E-state index is 12.8. The Morgan fingerprint density at radius 2 is 1.90 bits per heavy atom. The maximum absolute atomic E-state index is 12.8. The third-order valence-corrected chi connectivity index (χ3v) is 6.30. The number of halogens is 1. The molecule has 1 fully saturated rings. The number of carbonyl (C=O) groups is 1. The molecule has 1 aliphatic heterocycles. The molecule has 3 heterocycles. The molecule has 152 valence electrons. The van der Waals surface area contributed by atoms with Crippen molar-refractivity contribution < 1.29 is 4.79 Å². The zero-order valence-corrected chi connectivity index (χ0v) is 18.3. The van der Waals surface area contributed by atoms with Crippen molar-refractivity contribution in [3.63, 3.8) is 0 Å². The Balaban J connectivity index is 1.41. The van der Waals surface area contributed by atoms with E-state index in [-0.39, 0.29) is 11.4 Å². The molecule has 0 saturated heterocycles. The molecule has 0 bridgehead atoms. The second kappa shape index (κ2) is 7.47. The van der Waals surface area contributed by atoms with Gasteiger partial charge in [0, 0.05) is 22.8 Å². The van der Waals surface area contributed by atoms with Gasteiger partial charge in [-0.25, -0.2) is 9.97 Å². The van der Waals surface area contributed by atoms with E-state index in [1.165, 1.54) is 0 Å². The minimum atomic E-state index is -0.354. The number of fused-ring (bicyclic) bond motifs is 1. The first kappa shape index (κ1) is 19.2. The standard InChI is InChI=1S/C23H22BrN5O/c1-15-25-13-10-21(26-15)29-14-2-3-18-19(29)8-9-20(27-18)23(11-12-23)28-22(30)16-4-6-17(24)7-5-16/h4-10,13H,2-3,11-12,14H2,1H3,(H,28,30). The van der Waals surface area contributed by atoms with Gasteiger partial charge in [-0.2, -0.15) is 0 Å². The lowest BCUT2D eigenvalue weighted by Gasteiger charge is -2.30. The first-order valence-electron chi connectivity index (χ1n) is 10.2. The number of amides is 1. The van der Waals surface area contributed by atoms with Gasteiger partial charge >= 0.3 is 0 Å². The van der Waals surface area contributed by atoms with Crippen molar-refractivity contribution in [2.75, 3.05) is 11.4 Å². The molecule has 6 nitrogen and oxygen atoms in total. The minimum absolute atomic E-state index is 0.0578. The third-order valence-electron chi connectivity index (χ3n) is 5.77. The maximum Gasteiger partial charge on any atom is 0.252 e. The second-order valence-electron chi connectivity index (χ2n) is 7.92. The fraction of sp³-hybridized carbons (Fsp3) is 0.304. The Labute approximate surface area is 183 Å². The predicted octanol–water partition coefficient (Wildman–Crippen LogP) is 4.45. The van der Waals surface area contributed by atoms with Crippen molar-refractivity contribution in [1.82, 2.24) is 20.3 Å². The van der Waals surface area contributed by atoms with Gasteiger partial charge in [0.15, 0.2) is 0 Å². The van der Waals surface area contributed by atoms with Gasteiger partial charge in [-0.15, -0.1) is 0 Å². The number of rotatable bonds is 4. The highest BCUT2D eigenvalue weighted by Crippen LogP contribution is 2.46. The van der Waals surface area contributed by atoms with Gasteiger partial charge < -0.3 is 10.2 Å². The van der Waals surface area contributed by atoms with E-state index in [4.69, 9.17) is 4.98 Å². The number of hydrogen-bond acceptors (Lipinski definition) is 5. The number of nitrogens with zero attached hydrogens (tertiary/aromatic N) is 4. The number of anilines is 2. The molecule has 7 heteroatoms. The van der Waals surface area contributed by atoms with Crippen LogP contribution in [0, 0.1) is 6.92 Å². The summed E-state index contributed by atoms with van der Waals surface area (Å²) in [5, 5.41) is 3.23. The topological polar surface area (TPSA) is 71.0 Å². The smallest absolute Gasteiger partial charge is 0.252 e. The molecule has 1 aromatic carbocycles. The molecule has 1 aliphatic carbocycles. The normalized spacial score (nSPS) is 16.7. The quantitative estimate of drug-likeness (QED) is 0.618. The summed E-state index contributed by atoms with van der Waals surface area (Å²) in [6.45, 7) is 2.82. The highest BCUT2D eigenvalue weighted by Gasteiger charge is 2.47. The molecule has 2 aliphatic rings. The molecule has 30 heavy (non-hydrogen) atoms. The number of aryl methyl sites for hydroxylation is 2. The Morgan fingerprint density at radius 1 is 1.10 bits per heavy atom. The van der Waals surface area contributed by atoms with Crippen LogP contribution < -0.4 is 10.2 Å². The number of hydrogen-bond donors (Lipinski definition) is 1. The number of nitrogens with one attached hydrogen (secondary N) is 1. The van der Waals surface area contributed by atoms with E-state index in [9.17, 15) is 4.79 Å². The van der Waals surface area contributed by atoms with Gasteiger partial charge in [0.25, 0.3) is 5.91 Å². The van der Waals surface area contributed by atoms with Gasteiger partial charge in [-0.05, 0) is 75.1 Å². The number of carbonyl (C=O) groups excluding carboxylic acids is 1. The molecule has 2 aromatic heterocycles. The average Bonchev–Trinajstić information content (AvgIpc) is 3.54. The SMILES string of the molecule is Cc1nccc(N2CCCc3nc(C4(NC(=O)c5ccc(Br)cc5)CC4)ccc32)n1. The number of benzene rings is 1. The molecule has 1 amide bonds. The van der Waals surface area contributed by atoms with Gasteiger partial charge in [0.05, 0.1) is 22.6 Å². The van der Waals surface area contributed by atoms with Crippen LogP contribution in [0.4, 0.5) is 11.5 Å². The summed E-state index contributed by atoms with van der Waals surface area (Å²) in [4.78, 5) is 28.8. The van der Waals surface area contributed by atoms with Gasteiger partial charge in [-0.1, -0.05) is 15.9 Å². The molecule has 1 N–H and O–H groups in total. The Hall–Kier alpha value is -2.80. The van der Waals surface area contributed by atoms with Crippen LogP contribution in [0.25, 0.3) is 0 Å². The number of pyridine rings is 1. The van der Waals surface area contributed by atoms with Crippen LogP contribution in [-0.2, 0) is 12.0 Å².